The van der Waals surface area contributed by atoms with Gasteiger partial charge in [-0.1, -0.05) is 0 Å². The number of sulfonamides is 1. The minimum atomic E-state index is -3.13. The summed E-state index contributed by atoms with van der Waals surface area (Å²) in [7, 11) is -3.13. The molecule has 1 spiro atoms. The highest BCUT2D eigenvalue weighted by Crippen LogP contribution is 2.49. The monoisotopic (exact) mass is 324 g/mol. The predicted octanol–water partition coefficient (Wildman–Crippen LogP) is 0.411. The Kier molecular flexibility index (Phi) is 3.90. The molecule has 1 saturated carbocycles. The predicted molar refractivity (Wildman–Crippen MR) is 80.6 cm³/mol. The van der Waals surface area contributed by atoms with Gasteiger partial charge in [0.05, 0.1) is 12.5 Å². The minimum absolute atomic E-state index is 0.0530. The number of carbonyl (C=O) groups excluding carboxylic acids is 1. The first-order chi connectivity index (χ1) is 10.4. The van der Waals surface area contributed by atoms with E-state index in [2.05, 4.69) is 14.7 Å². The van der Waals surface area contributed by atoms with Crippen LogP contribution in [0.25, 0.3) is 0 Å². The summed E-state index contributed by atoms with van der Waals surface area (Å²) < 4.78 is 25.1. The molecule has 0 aromatic carbocycles. The second-order valence-electron chi connectivity index (χ2n) is 6.38. The second kappa shape index (κ2) is 5.58. The third kappa shape index (κ3) is 3.27. The number of aromatic nitrogens is 2. The molecule has 22 heavy (non-hydrogen) atoms. The van der Waals surface area contributed by atoms with Gasteiger partial charge in [0.2, 0.25) is 10.0 Å². The van der Waals surface area contributed by atoms with Gasteiger partial charge in [0.15, 0.2) is 0 Å². The van der Waals surface area contributed by atoms with E-state index in [1.54, 1.807) is 6.20 Å². The van der Waals surface area contributed by atoms with Crippen molar-refractivity contribution in [3.05, 3.63) is 24.3 Å². The Bertz CT molecular complexity index is 646. The van der Waals surface area contributed by atoms with Crippen LogP contribution in [0.2, 0.25) is 0 Å². The van der Waals surface area contributed by atoms with Crippen LogP contribution in [0.4, 0.5) is 0 Å². The van der Waals surface area contributed by atoms with Crippen LogP contribution >= 0.6 is 0 Å². The van der Waals surface area contributed by atoms with Gasteiger partial charge >= 0.3 is 0 Å². The Morgan fingerprint density at radius 1 is 1.32 bits per heavy atom. The number of piperidine rings is 1. The smallest absolute Gasteiger partial charge is 0.274 e. The lowest BCUT2D eigenvalue weighted by Crippen LogP contribution is -2.55. The summed E-state index contributed by atoms with van der Waals surface area (Å²) in [5.74, 6) is -0.0758. The second-order valence-corrected chi connectivity index (χ2v) is 8.16. The van der Waals surface area contributed by atoms with Gasteiger partial charge in [0.1, 0.15) is 5.69 Å². The zero-order chi connectivity index (χ0) is 15.8. The minimum Gasteiger partial charge on any atom is -0.337 e. The number of amides is 1. The van der Waals surface area contributed by atoms with E-state index in [1.165, 1.54) is 18.6 Å². The molecule has 120 valence electrons. The van der Waals surface area contributed by atoms with E-state index in [-0.39, 0.29) is 17.4 Å². The quantitative estimate of drug-likeness (QED) is 0.869. The molecule has 8 heteroatoms. The van der Waals surface area contributed by atoms with Crippen LogP contribution in [-0.4, -0.2) is 54.6 Å². The third-order valence-electron chi connectivity index (χ3n) is 4.63. The molecule has 1 N–H and O–H groups in total. The molecule has 0 radical (unpaired) electrons. The summed E-state index contributed by atoms with van der Waals surface area (Å²) in [6, 6.07) is 0.0530. The zero-order valence-corrected chi connectivity index (χ0v) is 13.3. The van der Waals surface area contributed by atoms with Gasteiger partial charge in [-0.3, -0.25) is 9.78 Å². The number of carbonyl (C=O) groups is 1. The van der Waals surface area contributed by atoms with Crippen molar-refractivity contribution in [1.29, 1.82) is 0 Å². The standard InChI is InChI=1S/C14H20N4O3S/c1-22(20,21)17-11-8-14(9-11)2-6-18(7-3-14)13(19)12-10-15-4-5-16-12/h4-5,10-11,17H,2-3,6-9H2,1H3. The van der Waals surface area contributed by atoms with Crippen LogP contribution < -0.4 is 4.72 Å². The molecule has 1 aliphatic heterocycles. The van der Waals surface area contributed by atoms with Crippen molar-refractivity contribution >= 4 is 15.9 Å². The van der Waals surface area contributed by atoms with Crippen LogP contribution in [0.15, 0.2) is 18.6 Å². The lowest BCUT2D eigenvalue weighted by atomic mass is 9.60. The first kappa shape index (κ1) is 15.4. The lowest BCUT2D eigenvalue weighted by Gasteiger charge is -2.52. The van der Waals surface area contributed by atoms with Crippen molar-refractivity contribution in [3.63, 3.8) is 0 Å². The summed E-state index contributed by atoms with van der Waals surface area (Å²) in [6.07, 6.45) is 9.32. The van der Waals surface area contributed by atoms with Crippen LogP contribution in [0.3, 0.4) is 0 Å². The molecule has 3 rings (SSSR count). The van der Waals surface area contributed by atoms with Gasteiger partial charge in [-0.15, -0.1) is 0 Å². The van der Waals surface area contributed by atoms with E-state index in [9.17, 15) is 13.2 Å². The van der Waals surface area contributed by atoms with Gasteiger partial charge in [0.25, 0.3) is 5.91 Å². The van der Waals surface area contributed by atoms with Gasteiger partial charge in [-0.05, 0) is 31.1 Å². The number of hydrogen-bond donors (Lipinski definition) is 1. The fourth-order valence-electron chi connectivity index (χ4n) is 3.54. The Morgan fingerprint density at radius 3 is 2.55 bits per heavy atom. The molecular weight excluding hydrogens is 304 g/mol. The van der Waals surface area contributed by atoms with Gasteiger partial charge < -0.3 is 4.90 Å². The van der Waals surface area contributed by atoms with Crippen molar-refractivity contribution in [2.75, 3.05) is 19.3 Å². The van der Waals surface area contributed by atoms with E-state index in [1.807, 2.05) is 4.90 Å². The topological polar surface area (TPSA) is 92.3 Å². The van der Waals surface area contributed by atoms with E-state index in [4.69, 9.17) is 0 Å². The van der Waals surface area contributed by atoms with Crippen LogP contribution in [0.5, 0.6) is 0 Å². The summed E-state index contributed by atoms with van der Waals surface area (Å²) in [5.41, 5.74) is 0.574. The molecule has 0 atom stereocenters. The van der Waals surface area contributed by atoms with Crippen molar-refractivity contribution in [2.24, 2.45) is 5.41 Å². The summed E-state index contributed by atoms with van der Waals surface area (Å²) >= 11 is 0. The normalized spacial score (nSPS) is 21.6. The van der Waals surface area contributed by atoms with Crippen LogP contribution in [0.1, 0.15) is 36.2 Å². The number of nitrogens with zero attached hydrogens (tertiary/aromatic N) is 3. The Hall–Kier alpha value is -1.54. The number of likely N-dealkylation sites (tertiary alicyclic amines) is 1. The highest BCUT2D eigenvalue weighted by atomic mass is 32.2. The zero-order valence-electron chi connectivity index (χ0n) is 12.5. The lowest BCUT2D eigenvalue weighted by molar-refractivity contribution is 0.0135. The van der Waals surface area contributed by atoms with Crippen LogP contribution in [-0.2, 0) is 10.0 Å². The molecule has 2 aliphatic rings. The first-order valence-corrected chi connectivity index (χ1v) is 9.29. The van der Waals surface area contributed by atoms with Crippen LogP contribution in [0, 0.1) is 5.41 Å². The molecular formula is C14H20N4O3S. The van der Waals surface area contributed by atoms with Crippen molar-refractivity contribution in [1.82, 2.24) is 19.6 Å². The fraction of sp³-hybridized carbons (Fsp3) is 0.643. The number of rotatable bonds is 3. The number of nitrogens with one attached hydrogen (secondary N) is 1. The summed E-state index contributed by atoms with van der Waals surface area (Å²) in [5, 5.41) is 0. The van der Waals surface area contributed by atoms with Gasteiger partial charge in [0, 0.05) is 31.5 Å². The maximum absolute atomic E-state index is 12.3. The highest BCUT2D eigenvalue weighted by molar-refractivity contribution is 7.88. The average Bonchev–Trinajstić information content (AvgIpc) is 2.45. The maximum atomic E-state index is 12.3. The molecule has 1 aliphatic carbocycles. The van der Waals surface area contributed by atoms with Crippen molar-refractivity contribution in [3.8, 4) is 0 Å². The maximum Gasteiger partial charge on any atom is 0.274 e. The van der Waals surface area contributed by atoms with Crippen molar-refractivity contribution in [2.45, 2.75) is 31.7 Å². The van der Waals surface area contributed by atoms with Gasteiger partial charge in [-0.25, -0.2) is 18.1 Å². The average molecular weight is 324 g/mol. The molecule has 0 bridgehead atoms. The first-order valence-electron chi connectivity index (χ1n) is 7.40. The molecule has 2 heterocycles. The highest BCUT2D eigenvalue weighted by Gasteiger charge is 2.47. The van der Waals surface area contributed by atoms with E-state index < -0.39 is 10.0 Å². The molecule has 1 amide bonds. The largest absolute Gasteiger partial charge is 0.337 e. The fourth-order valence-corrected chi connectivity index (χ4v) is 4.31. The third-order valence-corrected chi connectivity index (χ3v) is 5.39. The van der Waals surface area contributed by atoms with E-state index >= 15 is 0 Å². The Morgan fingerprint density at radius 2 is 2.00 bits per heavy atom. The van der Waals surface area contributed by atoms with E-state index in [0.29, 0.717) is 18.8 Å². The Balaban J connectivity index is 1.53. The molecule has 7 nitrogen and oxygen atoms in total. The van der Waals surface area contributed by atoms with Crippen molar-refractivity contribution < 1.29 is 13.2 Å². The van der Waals surface area contributed by atoms with Gasteiger partial charge in [-0.2, -0.15) is 0 Å². The molecule has 1 aromatic rings. The summed E-state index contributed by atoms with van der Waals surface area (Å²) in [4.78, 5) is 22.1. The SMILES string of the molecule is CS(=O)(=O)NC1CC2(CCN(C(=O)c3cnccn3)CC2)C1. The molecule has 1 aromatic heterocycles. The Labute approximate surface area is 130 Å². The van der Waals surface area contributed by atoms with E-state index in [0.717, 1.165) is 25.7 Å². The molecule has 0 unspecified atom stereocenters. The molecule has 1 saturated heterocycles. The summed E-state index contributed by atoms with van der Waals surface area (Å²) in [6.45, 7) is 1.39. The number of hydrogen-bond acceptors (Lipinski definition) is 5. The molecule has 2 fully saturated rings.